The number of aliphatic hydroxyl groups excluding tert-OH is 1. The van der Waals surface area contributed by atoms with E-state index in [-0.39, 0.29) is 18.3 Å². The highest BCUT2D eigenvalue weighted by Crippen LogP contribution is 2.26. The third-order valence-electron chi connectivity index (χ3n) is 5.41. The number of nitrogens with one attached hydrogen (secondary N) is 3. The molecule has 0 aliphatic carbocycles. The molecular formula is C22H34N6O5. The van der Waals surface area contributed by atoms with Crippen molar-refractivity contribution in [2.75, 3.05) is 32.9 Å². The highest BCUT2D eigenvalue weighted by atomic mass is 16.5. The van der Waals surface area contributed by atoms with E-state index in [2.05, 4.69) is 34.0 Å². The second-order valence-electron chi connectivity index (χ2n) is 8.03. The molecule has 0 aromatic carbocycles. The minimum atomic E-state index is -0.530. The predicted octanol–water partition coefficient (Wildman–Crippen LogP) is -0.350. The Hall–Kier alpha value is -2.62. The van der Waals surface area contributed by atoms with Gasteiger partial charge in [-0.3, -0.25) is 19.4 Å². The van der Waals surface area contributed by atoms with E-state index >= 15 is 0 Å². The quantitative estimate of drug-likeness (QED) is 0.208. The summed E-state index contributed by atoms with van der Waals surface area (Å²) in [4.78, 5) is 26.5. The molecule has 2 atom stereocenters. The maximum Gasteiger partial charge on any atom is 0.330 e. The zero-order valence-electron chi connectivity index (χ0n) is 18.8. The molecule has 0 spiro atoms. The topological polar surface area (TPSA) is 147 Å². The van der Waals surface area contributed by atoms with Crippen molar-refractivity contribution in [3.63, 3.8) is 0 Å². The number of rotatable bonds is 12. The number of ether oxygens (including phenoxy) is 2. The van der Waals surface area contributed by atoms with Crippen LogP contribution in [-0.4, -0.2) is 58.7 Å². The maximum atomic E-state index is 12.1. The number of nitrogens with zero attached hydrogens (tertiary/aromatic N) is 2. The van der Waals surface area contributed by atoms with Crippen LogP contribution in [0.1, 0.15) is 56.7 Å². The number of hydrogen-bond acceptors (Lipinski definition) is 9. The Morgan fingerprint density at radius 1 is 1.24 bits per heavy atom. The average Bonchev–Trinajstić information content (AvgIpc) is 3.47. The van der Waals surface area contributed by atoms with Gasteiger partial charge in [0.05, 0.1) is 19.3 Å². The molecule has 6 N–H and O–H groups in total. The van der Waals surface area contributed by atoms with Crippen molar-refractivity contribution in [3.8, 4) is 11.8 Å². The van der Waals surface area contributed by atoms with E-state index in [1.54, 1.807) is 0 Å². The molecule has 0 unspecified atom stereocenters. The molecule has 11 heteroatoms. The number of aromatic nitrogens is 2. The van der Waals surface area contributed by atoms with Gasteiger partial charge in [-0.25, -0.2) is 4.79 Å². The van der Waals surface area contributed by atoms with Crippen LogP contribution in [0, 0.1) is 11.8 Å². The number of allylic oxidation sites excluding steroid dienone is 1. The summed E-state index contributed by atoms with van der Waals surface area (Å²) in [6, 6.07) is 0. The Labute approximate surface area is 192 Å². The first kappa shape index (κ1) is 25.0. The zero-order chi connectivity index (χ0) is 23.5. The zero-order valence-corrected chi connectivity index (χ0v) is 18.8. The first-order valence-corrected chi connectivity index (χ1v) is 11.5. The molecule has 1 fully saturated rings. The third-order valence-corrected chi connectivity index (χ3v) is 5.41. The van der Waals surface area contributed by atoms with Gasteiger partial charge in [0.2, 0.25) is 0 Å². The van der Waals surface area contributed by atoms with Crippen LogP contribution in [-0.2, 0) is 9.47 Å². The molecule has 2 aliphatic heterocycles. The summed E-state index contributed by atoms with van der Waals surface area (Å²) in [7, 11) is 0. The van der Waals surface area contributed by atoms with Gasteiger partial charge in [0.15, 0.2) is 0 Å². The molecule has 182 valence electrons. The molecule has 3 rings (SSSR count). The number of nitrogens with two attached hydrogens (primary N) is 1. The van der Waals surface area contributed by atoms with Crippen LogP contribution in [0.25, 0.3) is 0 Å². The van der Waals surface area contributed by atoms with E-state index in [0.717, 1.165) is 37.9 Å². The summed E-state index contributed by atoms with van der Waals surface area (Å²) in [5, 5.41) is 11.2. The fraction of sp³-hybridized carbons (Fsp3) is 0.636. The number of unbranched alkanes of at least 4 members (excludes halogenated alkanes) is 2. The van der Waals surface area contributed by atoms with Crippen molar-refractivity contribution in [3.05, 3.63) is 44.5 Å². The smallest absolute Gasteiger partial charge is 0.330 e. The highest BCUT2D eigenvalue weighted by molar-refractivity contribution is 5.29. The van der Waals surface area contributed by atoms with Crippen LogP contribution >= 0.6 is 0 Å². The normalized spacial score (nSPS) is 19.8. The van der Waals surface area contributed by atoms with Crippen LogP contribution in [0.4, 0.5) is 0 Å². The highest BCUT2D eigenvalue weighted by Gasteiger charge is 2.27. The molecule has 0 saturated carbocycles. The number of aromatic amines is 1. The summed E-state index contributed by atoms with van der Waals surface area (Å²) >= 11 is 0. The van der Waals surface area contributed by atoms with E-state index in [1.165, 1.54) is 10.8 Å². The largest absolute Gasteiger partial charge is 0.394 e. The Balaban J connectivity index is 1.40. The Morgan fingerprint density at radius 2 is 2.12 bits per heavy atom. The predicted molar refractivity (Wildman–Crippen MR) is 122 cm³/mol. The number of hydrazine groups is 2. The minimum absolute atomic E-state index is 0.0913. The van der Waals surface area contributed by atoms with Gasteiger partial charge in [-0.1, -0.05) is 11.8 Å². The van der Waals surface area contributed by atoms with Gasteiger partial charge in [0.1, 0.15) is 11.8 Å². The van der Waals surface area contributed by atoms with Gasteiger partial charge in [0.25, 0.3) is 5.56 Å². The monoisotopic (exact) mass is 462 g/mol. The first-order valence-electron chi connectivity index (χ1n) is 11.5. The van der Waals surface area contributed by atoms with Crippen molar-refractivity contribution in [1.29, 1.82) is 0 Å². The van der Waals surface area contributed by atoms with Crippen LogP contribution < -0.4 is 27.9 Å². The van der Waals surface area contributed by atoms with Crippen LogP contribution in [0.3, 0.4) is 0 Å². The lowest BCUT2D eigenvalue weighted by molar-refractivity contribution is -0.0246. The molecule has 2 aliphatic rings. The van der Waals surface area contributed by atoms with Gasteiger partial charge in [-0.15, -0.1) is 5.53 Å². The summed E-state index contributed by atoms with van der Waals surface area (Å²) in [6.45, 7) is 2.58. The second kappa shape index (κ2) is 13.2. The number of aliphatic hydroxyl groups is 1. The van der Waals surface area contributed by atoms with Gasteiger partial charge >= 0.3 is 5.69 Å². The molecule has 33 heavy (non-hydrogen) atoms. The molecule has 0 amide bonds. The van der Waals surface area contributed by atoms with Crippen LogP contribution in [0.5, 0.6) is 0 Å². The average molecular weight is 463 g/mol. The summed E-state index contributed by atoms with van der Waals surface area (Å²) in [6.07, 6.45) is 8.29. The summed E-state index contributed by atoms with van der Waals surface area (Å²) in [5.74, 6) is 5.90. The summed E-state index contributed by atoms with van der Waals surface area (Å²) < 4.78 is 12.4. The van der Waals surface area contributed by atoms with Crippen molar-refractivity contribution >= 4 is 0 Å². The fourth-order valence-electron chi connectivity index (χ4n) is 3.67. The van der Waals surface area contributed by atoms with E-state index < -0.39 is 17.5 Å². The van der Waals surface area contributed by atoms with Gasteiger partial charge in [-0.05, 0) is 38.5 Å². The van der Waals surface area contributed by atoms with Gasteiger partial charge < -0.3 is 25.7 Å². The third kappa shape index (κ3) is 7.73. The lowest BCUT2D eigenvalue weighted by atomic mass is 10.1. The SMILES string of the molecule is NCCOCCCN1C=C(CCCCC#Cc2cn([C@H]3CC[C@@H](CO)O3)c(=O)[nH]c2=O)NN1. The Kier molecular flexibility index (Phi) is 9.99. The maximum absolute atomic E-state index is 12.1. The van der Waals surface area contributed by atoms with E-state index in [1.807, 2.05) is 5.01 Å². The summed E-state index contributed by atoms with van der Waals surface area (Å²) in [5.41, 5.74) is 12.0. The first-order chi connectivity index (χ1) is 16.1. The molecule has 0 radical (unpaired) electrons. The van der Waals surface area contributed by atoms with Gasteiger partial charge in [-0.2, -0.15) is 0 Å². The lowest BCUT2D eigenvalue weighted by Gasteiger charge is -2.14. The minimum Gasteiger partial charge on any atom is -0.394 e. The molecule has 3 heterocycles. The van der Waals surface area contributed by atoms with Crippen molar-refractivity contribution in [2.45, 2.75) is 57.3 Å². The lowest BCUT2D eigenvalue weighted by Crippen LogP contribution is -2.37. The molecular weight excluding hydrogens is 428 g/mol. The number of hydrogen-bond donors (Lipinski definition) is 5. The second-order valence-corrected chi connectivity index (χ2v) is 8.03. The molecule has 11 nitrogen and oxygen atoms in total. The molecule has 1 aromatic heterocycles. The van der Waals surface area contributed by atoms with E-state index in [4.69, 9.17) is 15.2 Å². The van der Waals surface area contributed by atoms with Crippen LogP contribution in [0.2, 0.25) is 0 Å². The Morgan fingerprint density at radius 3 is 2.91 bits per heavy atom. The molecule has 1 aromatic rings. The molecule has 0 bridgehead atoms. The Bertz CT molecular complexity index is 962. The van der Waals surface area contributed by atoms with E-state index in [0.29, 0.717) is 39.0 Å². The van der Waals surface area contributed by atoms with E-state index in [9.17, 15) is 14.7 Å². The van der Waals surface area contributed by atoms with Crippen molar-refractivity contribution in [2.24, 2.45) is 5.73 Å². The fourth-order valence-corrected chi connectivity index (χ4v) is 3.67. The number of H-pyrrole nitrogens is 1. The van der Waals surface area contributed by atoms with Crippen molar-refractivity contribution < 1.29 is 14.6 Å². The van der Waals surface area contributed by atoms with Gasteiger partial charge in [0, 0.05) is 44.2 Å². The van der Waals surface area contributed by atoms with Crippen molar-refractivity contribution in [1.82, 2.24) is 25.5 Å². The van der Waals surface area contributed by atoms with Crippen LogP contribution in [0.15, 0.2) is 27.7 Å². The standard InChI is InChI=1S/C22H34N6O5/c23-10-13-32-12-5-11-27-15-18(25-26-27)7-4-2-1-3-6-17-14-28(22(31)24-21(17)30)20-9-8-19(16-29)33-20/h14-15,19-20,25-26,29H,1-2,4-5,7-13,16,23H2,(H,24,30,31)/t19-,20+/m0/s1. The molecule has 1 saturated heterocycles.